The van der Waals surface area contributed by atoms with E-state index in [1.165, 1.54) is 30.3 Å². The summed E-state index contributed by atoms with van der Waals surface area (Å²) >= 11 is 0. The highest BCUT2D eigenvalue weighted by Gasteiger charge is 2.60. The molecule has 0 amide bonds. The van der Waals surface area contributed by atoms with Crippen molar-refractivity contribution in [3.63, 3.8) is 0 Å². The van der Waals surface area contributed by atoms with Crippen LogP contribution in [0.25, 0.3) is 6.08 Å². The molecule has 4 atom stereocenters. The van der Waals surface area contributed by atoms with Gasteiger partial charge in [-0.3, -0.25) is 24.0 Å². The second-order valence-corrected chi connectivity index (χ2v) is 20.4. The number of benzene rings is 6. The smallest absolute Gasteiger partial charge is 0.389 e. The van der Waals surface area contributed by atoms with E-state index >= 15 is 0 Å². The van der Waals surface area contributed by atoms with Gasteiger partial charge in [-0.2, -0.15) is 18.1 Å². The molecule has 20 nitrogen and oxygen atoms in total. The van der Waals surface area contributed by atoms with Crippen LogP contribution in [0.4, 0.5) is 35.9 Å². The number of fused-ring (bicyclic) bond motifs is 5. The molecule has 0 aromatic heterocycles. The molecule has 6 aromatic carbocycles. The lowest BCUT2D eigenvalue weighted by atomic mass is 9.83. The van der Waals surface area contributed by atoms with Gasteiger partial charge in [0.25, 0.3) is 0 Å². The van der Waals surface area contributed by atoms with Gasteiger partial charge in [0, 0.05) is 53.7 Å². The molecular weight excluding hydrogens is 1130 g/mol. The second-order valence-electron chi connectivity index (χ2n) is 20.4. The number of cyclic esters (lactones) is 4. The molecule has 2 aliphatic heterocycles. The lowest BCUT2D eigenvalue weighted by Crippen LogP contribution is -2.37. The monoisotopic (exact) mass is 1190 g/mol. The zero-order valence-corrected chi connectivity index (χ0v) is 46.8. The summed E-state index contributed by atoms with van der Waals surface area (Å²) in [5.41, 5.74) is 28.6. The summed E-state index contributed by atoms with van der Waals surface area (Å²) in [6, 6.07) is 39.1. The third-order valence-corrected chi connectivity index (χ3v) is 13.6. The number of carbonyl (C=O) groups is 7. The van der Waals surface area contributed by atoms with Gasteiger partial charge in [-0.15, -0.1) is 0 Å². The van der Waals surface area contributed by atoms with Crippen molar-refractivity contribution in [1.29, 1.82) is 0 Å². The normalized spacial score (nSPS) is 16.9. The standard InChI is InChI=1S/C28H27F3N2O5.C25H28N2O5.C10H8O6/c29-28(30,31)15-1-16-36-23-11-6-21(7-12-23)27(35)38-24-9-2-19(3-10-24)4-13-26(34)37-17-14-20-5-8-22(32)18-25(20)33;1-25(2,24(28)20-6-4-3-5-7-20)32-30-17-18-8-12-22(13-9-18)31-29-15-14-19-10-11-21(26)16-23(19)27;11-6-2-3-4-1-5(7(3)10(14)15-6)9(13)16-8(4)12/h2-13,18H,1,14-17,32-33H2;3-13,16H,14-15,17,26-27H2,1-2H3;3-5,7H,1-2H2/b13-4+;;. The first-order chi connectivity index (χ1) is 41.0. The van der Waals surface area contributed by atoms with E-state index in [2.05, 4.69) is 9.47 Å². The third kappa shape index (κ3) is 19.0. The van der Waals surface area contributed by atoms with Crippen molar-refractivity contribution in [1.82, 2.24) is 0 Å². The van der Waals surface area contributed by atoms with Crippen molar-refractivity contribution in [2.45, 2.75) is 70.8 Å². The van der Waals surface area contributed by atoms with Crippen molar-refractivity contribution >= 4 is 70.4 Å². The molecule has 23 heteroatoms. The number of hydrogen-bond donors (Lipinski definition) is 4. The van der Waals surface area contributed by atoms with Crippen molar-refractivity contribution in [2.24, 2.45) is 23.7 Å². The van der Waals surface area contributed by atoms with Crippen LogP contribution in [0.1, 0.15) is 82.5 Å². The van der Waals surface area contributed by atoms with Crippen molar-refractivity contribution in [2.75, 3.05) is 42.8 Å². The zero-order valence-electron chi connectivity index (χ0n) is 46.8. The molecule has 6 aromatic rings. The summed E-state index contributed by atoms with van der Waals surface area (Å²) in [6.45, 7) is 3.96. The van der Waals surface area contributed by atoms with Crippen LogP contribution in [0, 0.1) is 23.7 Å². The van der Waals surface area contributed by atoms with E-state index in [0.717, 1.165) is 16.7 Å². The zero-order chi connectivity index (χ0) is 62.0. The molecule has 3 fully saturated rings. The van der Waals surface area contributed by atoms with Gasteiger partial charge in [0.1, 0.15) is 18.1 Å². The molecule has 8 N–H and O–H groups in total. The molecule has 9 rings (SSSR count). The number of ketones is 1. The highest BCUT2D eigenvalue weighted by molar-refractivity contribution is 6.02. The van der Waals surface area contributed by atoms with Gasteiger partial charge in [0.2, 0.25) is 0 Å². The Morgan fingerprint density at radius 3 is 1.87 bits per heavy atom. The van der Waals surface area contributed by atoms with Crippen LogP contribution < -0.4 is 37.3 Å². The Morgan fingerprint density at radius 1 is 0.640 bits per heavy atom. The highest BCUT2D eigenvalue weighted by atomic mass is 19.4. The number of ether oxygens (including phenoxy) is 5. The number of nitrogens with two attached hydrogens (primary N) is 4. The topological polar surface area (TPSA) is 307 Å². The molecule has 452 valence electrons. The lowest BCUT2D eigenvalue weighted by Gasteiger charge is -2.24. The van der Waals surface area contributed by atoms with Gasteiger partial charge >= 0.3 is 42.0 Å². The van der Waals surface area contributed by atoms with Crippen LogP contribution in [-0.4, -0.2) is 73.2 Å². The number of hydrogen-bond acceptors (Lipinski definition) is 20. The molecule has 2 heterocycles. The maximum Gasteiger partial charge on any atom is 0.389 e. The van der Waals surface area contributed by atoms with E-state index < -0.39 is 77.7 Å². The number of nitrogen functional groups attached to an aromatic ring is 4. The van der Waals surface area contributed by atoms with Gasteiger partial charge in [-0.05, 0) is 134 Å². The minimum Gasteiger partial charge on any atom is -0.494 e. The van der Waals surface area contributed by atoms with E-state index in [-0.39, 0.29) is 44.0 Å². The molecule has 0 spiro atoms. The van der Waals surface area contributed by atoms with E-state index in [4.69, 9.17) is 56.7 Å². The first-order valence-corrected chi connectivity index (χ1v) is 27.0. The van der Waals surface area contributed by atoms with Crippen LogP contribution in [-0.2, 0) is 72.3 Å². The first kappa shape index (κ1) is 64.0. The predicted octanol–water partition coefficient (Wildman–Crippen LogP) is 9.52. The van der Waals surface area contributed by atoms with Crippen LogP contribution in [0.2, 0.25) is 0 Å². The summed E-state index contributed by atoms with van der Waals surface area (Å²) in [5.74, 6) is -4.90. The van der Waals surface area contributed by atoms with Crippen LogP contribution in [0.5, 0.6) is 17.2 Å². The number of esters is 6. The van der Waals surface area contributed by atoms with Gasteiger partial charge in [-0.25, -0.2) is 19.4 Å². The number of halogens is 3. The summed E-state index contributed by atoms with van der Waals surface area (Å²) in [6.07, 6.45) is -1.05. The minimum atomic E-state index is -4.22. The largest absolute Gasteiger partial charge is 0.494 e. The predicted molar refractivity (Wildman–Crippen MR) is 306 cm³/mol. The molecular formula is C63H63F3N4O16. The molecule has 3 aliphatic rings. The quantitative estimate of drug-likeness (QED) is 0.00470. The fourth-order valence-corrected chi connectivity index (χ4v) is 9.17. The average Bonchev–Trinajstić information content (AvgIpc) is 2.35. The van der Waals surface area contributed by atoms with Crippen molar-refractivity contribution in [3.8, 4) is 17.2 Å². The van der Waals surface area contributed by atoms with Crippen molar-refractivity contribution < 1.29 is 90.0 Å². The number of Topliss-reactive ketones (excluding diaryl/α,β-unsaturated/α-hetero) is 1. The molecule has 1 saturated carbocycles. The molecule has 2 saturated heterocycles. The van der Waals surface area contributed by atoms with E-state index in [1.54, 1.807) is 98.8 Å². The second kappa shape index (κ2) is 29.8. The minimum absolute atomic E-state index is 0.0138. The fraction of sp³-hybridized carbons (Fsp3) is 0.286. The number of anilines is 4. The maximum atomic E-state index is 12.6. The summed E-state index contributed by atoms with van der Waals surface area (Å²) < 4.78 is 61.3. The molecule has 2 bridgehead atoms. The highest BCUT2D eigenvalue weighted by Crippen LogP contribution is 2.50. The summed E-state index contributed by atoms with van der Waals surface area (Å²) in [4.78, 5) is 104. The molecule has 4 unspecified atom stereocenters. The van der Waals surface area contributed by atoms with Gasteiger partial charge in [0.05, 0.1) is 49.6 Å². The Balaban J connectivity index is 0.000000198. The first-order valence-electron chi connectivity index (χ1n) is 27.0. The number of rotatable bonds is 22. The van der Waals surface area contributed by atoms with Gasteiger partial charge in [-0.1, -0.05) is 66.7 Å². The average molecular weight is 1190 g/mol. The number of carbonyl (C=O) groups excluding carboxylic acids is 7. The Labute approximate surface area is 492 Å². The Hall–Kier alpha value is -9.58. The van der Waals surface area contributed by atoms with Crippen LogP contribution in [0.15, 0.2) is 146 Å². The van der Waals surface area contributed by atoms with E-state index in [9.17, 15) is 46.7 Å². The summed E-state index contributed by atoms with van der Waals surface area (Å²) in [7, 11) is 0. The summed E-state index contributed by atoms with van der Waals surface area (Å²) in [5, 5.41) is 0. The van der Waals surface area contributed by atoms with Crippen LogP contribution in [0.3, 0.4) is 0 Å². The Morgan fingerprint density at radius 2 is 1.24 bits per heavy atom. The fourth-order valence-electron chi connectivity index (χ4n) is 9.17. The third-order valence-electron chi connectivity index (χ3n) is 13.6. The Bertz CT molecular complexity index is 3380. The van der Waals surface area contributed by atoms with Crippen molar-refractivity contribution in [3.05, 3.63) is 179 Å². The van der Waals surface area contributed by atoms with E-state index in [1.807, 2.05) is 36.4 Å². The van der Waals surface area contributed by atoms with Gasteiger partial charge < -0.3 is 51.5 Å². The number of alkyl halides is 3. The maximum absolute atomic E-state index is 12.6. The molecule has 1 aliphatic carbocycles. The lowest BCUT2D eigenvalue weighted by molar-refractivity contribution is -0.345. The van der Waals surface area contributed by atoms with Crippen LogP contribution >= 0.6 is 0 Å². The SMILES string of the molecule is CC(C)(OOCc1ccc(OOCCc2ccc(N)cc2N)cc1)C(=O)c1ccccc1.Nc1ccc(CCOC(=O)/C=C/c2ccc(OC(=O)c3ccc(OCCCC(F)(F)F)cc3)cc2)c(N)c1.O=C1CC2C3CC(C(=O)OC3=O)C2C(=O)O1. The molecule has 0 radical (unpaired) electrons. The Kier molecular flexibility index (Phi) is 22.2. The van der Waals surface area contributed by atoms with Gasteiger partial charge in [0.15, 0.2) is 17.1 Å². The van der Waals surface area contributed by atoms with E-state index in [0.29, 0.717) is 77.0 Å². The molecule has 86 heavy (non-hydrogen) atoms.